The van der Waals surface area contributed by atoms with E-state index in [2.05, 4.69) is 12.2 Å². The molecule has 1 heterocycles. The molecule has 0 spiro atoms. The summed E-state index contributed by atoms with van der Waals surface area (Å²) in [4.78, 5) is 0. The van der Waals surface area contributed by atoms with E-state index < -0.39 is 0 Å². The fourth-order valence-corrected chi connectivity index (χ4v) is 2.04. The van der Waals surface area contributed by atoms with Gasteiger partial charge in [0, 0.05) is 12.2 Å². The maximum Gasteiger partial charge on any atom is 0.123 e. The summed E-state index contributed by atoms with van der Waals surface area (Å²) >= 11 is 0. The first-order valence-corrected chi connectivity index (χ1v) is 5.36. The number of aryl methyl sites for hydroxylation is 1. The number of anilines is 1. The van der Waals surface area contributed by atoms with Gasteiger partial charge in [-0.25, -0.2) is 4.39 Å². The summed E-state index contributed by atoms with van der Waals surface area (Å²) in [6.07, 6.45) is 4.25. The first kappa shape index (κ1) is 9.50. The van der Waals surface area contributed by atoms with Crippen molar-refractivity contribution >= 4 is 5.69 Å². The summed E-state index contributed by atoms with van der Waals surface area (Å²) in [5, 5.41) is 3.34. The second-order valence-corrected chi connectivity index (χ2v) is 3.88. The number of unbranched alkanes of at least 4 members (excludes halogenated alkanes) is 1. The Morgan fingerprint density at radius 1 is 1.43 bits per heavy atom. The Balaban J connectivity index is 2.29. The van der Waals surface area contributed by atoms with Crippen molar-refractivity contribution in [2.45, 2.75) is 32.6 Å². The fraction of sp³-hybridized carbons (Fsp3) is 0.500. The highest BCUT2D eigenvalue weighted by molar-refractivity contribution is 5.61. The Kier molecular flexibility index (Phi) is 2.71. The highest BCUT2D eigenvalue weighted by Gasteiger charge is 2.15. The van der Waals surface area contributed by atoms with Crippen LogP contribution in [0.1, 0.15) is 30.9 Å². The Morgan fingerprint density at radius 3 is 3.07 bits per heavy atom. The van der Waals surface area contributed by atoms with E-state index in [0.717, 1.165) is 43.4 Å². The molecule has 0 aliphatic carbocycles. The van der Waals surface area contributed by atoms with Gasteiger partial charge in [0.1, 0.15) is 5.82 Å². The summed E-state index contributed by atoms with van der Waals surface area (Å²) < 4.78 is 13.2. The average Bonchev–Trinajstić information content (AvgIpc) is 2.61. The Bertz CT molecular complexity index is 333. The molecular formula is C12H16FN. The molecule has 0 radical (unpaired) electrons. The maximum atomic E-state index is 13.2. The monoisotopic (exact) mass is 193 g/mol. The topological polar surface area (TPSA) is 12.0 Å². The third-order valence-electron chi connectivity index (χ3n) is 2.76. The van der Waals surface area contributed by atoms with Crippen molar-refractivity contribution in [1.29, 1.82) is 0 Å². The van der Waals surface area contributed by atoms with Gasteiger partial charge >= 0.3 is 0 Å². The van der Waals surface area contributed by atoms with Gasteiger partial charge in [-0.2, -0.15) is 0 Å². The molecule has 76 valence electrons. The number of benzene rings is 1. The highest BCUT2D eigenvalue weighted by atomic mass is 19.1. The zero-order chi connectivity index (χ0) is 9.97. The zero-order valence-corrected chi connectivity index (χ0v) is 8.57. The van der Waals surface area contributed by atoms with Crippen LogP contribution in [-0.4, -0.2) is 6.54 Å². The lowest BCUT2D eigenvalue weighted by atomic mass is 10.0. The quantitative estimate of drug-likeness (QED) is 0.777. The first-order valence-electron chi connectivity index (χ1n) is 5.36. The van der Waals surface area contributed by atoms with Gasteiger partial charge < -0.3 is 5.32 Å². The minimum absolute atomic E-state index is 0.0847. The van der Waals surface area contributed by atoms with Crippen molar-refractivity contribution in [3.05, 3.63) is 29.1 Å². The number of rotatable bonds is 3. The van der Waals surface area contributed by atoms with Gasteiger partial charge in [-0.3, -0.25) is 0 Å². The lowest BCUT2D eigenvalue weighted by molar-refractivity contribution is 0.623. The second kappa shape index (κ2) is 3.99. The van der Waals surface area contributed by atoms with Gasteiger partial charge in [-0.05, 0) is 42.5 Å². The van der Waals surface area contributed by atoms with E-state index in [-0.39, 0.29) is 5.82 Å². The number of hydrogen-bond acceptors (Lipinski definition) is 1. The smallest absolute Gasteiger partial charge is 0.123 e. The molecule has 2 heteroatoms. The summed E-state index contributed by atoms with van der Waals surface area (Å²) in [6.45, 7) is 3.12. The van der Waals surface area contributed by atoms with Crippen LogP contribution in [0.2, 0.25) is 0 Å². The predicted octanol–water partition coefficient (Wildman–Crippen LogP) is 3.14. The average molecular weight is 193 g/mol. The van der Waals surface area contributed by atoms with Crippen LogP contribution in [0.15, 0.2) is 12.1 Å². The number of hydrogen-bond donors (Lipinski definition) is 1. The van der Waals surface area contributed by atoms with Gasteiger partial charge in [-0.15, -0.1) is 0 Å². The van der Waals surface area contributed by atoms with E-state index in [0.29, 0.717) is 0 Å². The lowest BCUT2D eigenvalue weighted by Gasteiger charge is -2.08. The molecule has 1 nitrogen and oxygen atoms in total. The van der Waals surface area contributed by atoms with Crippen molar-refractivity contribution < 1.29 is 4.39 Å². The van der Waals surface area contributed by atoms with E-state index in [1.165, 1.54) is 5.69 Å². The van der Waals surface area contributed by atoms with Crippen LogP contribution >= 0.6 is 0 Å². The van der Waals surface area contributed by atoms with Crippen molar-refractivity contribution in [2.24, 2.45) is 0 Å². The van der Waals surface area contributed by atoms with Crippen molar-refractivity contribution in [2.75, 3.05) is 11.9 Å². The summed E-state index contributed by atoms with van der Waals surface area (Å²) in [5.74, 6) is -0.0847. The number of fused-ring (bicyclic) bond motifs is 1. The van der Waals surface area contributed by atoms with Crippen molar-refractivity contribution in [3.8, 4) is 0 Å². The largest absolute Gasteiger partial charge is 0.384 e. The number of halogens is 1. The molecule has 0 saturated carbocycles. The summed E-state index contributed by atoms with van der Waals surface area (Å²) in [5.41, 5.74) is 3.50. The van der Waals surface area contributed by atoms with Crippen LogP contribution in [0, 0.1) is 5.82 Å². The van der Waals surface area contributed by atoms with Crippen LogP contribution in [0.5, 0.6) is 0 Å². The van der Waals surface area contributed by atoms with E-state index in [9.17, 15) is 4.39 Å². The molecule has 0 aromatic heterocycles. The molecule has 1 aromatic rings. The molecule has 14 heavy (non-hydrogen) atoms. The normalized spacial score (nSPS) is 13.9. The zero-order valence-electron chi connectivity index (χ0n) is 8.57. The van der Waals surface area contributed by atoms with Crippen LogP contribution in [0.4, 0.5) is 10.1 Å². The first-order chi connectivity index (χ1) is 6.81. The third-order valence-corrected chi connectivity index (χ3v) is 2.76. The SMILES string of the molecule is CCCCc1cc(F)cc2c1NCC2. The van der Waals surface area contributed by atoms with Gasteiger partial charge in [0.05, 0.1) is 0 Å². The molecule has 0 fully saturated rings. The van der Waals surface area contributed by atoms with E-state index in [1.807, 2.05) is 0 Å². The minimum atomic E-state index is -0.0847. The summed E-state index contributed by atoms with van der Waals surface area (Å²) in [7, 11) is 0. The van der Waals surface area contributed by atoms with Crippen molar-refractivity contribution in [1.82, 2.24) is 0 Å². The molecule has 1 aliphatic rings. The lowest BCUT2D eigenvalue weighted by Crippen LogP contribution is -1.96. The van der Waals surface area contributed by atoms with Gasteiger partial charge in [0.2, 0.25) is 0 Å². The van der Waals surface area contributed by atoms with E-state index in [4.69, 9.17) is 0 Å². The summed E-state index contributed by atoms with van der Waals surface area (Å²) in [6, 6.07) is 3.33. The van der Waals surface area contributed by atoms with Crippen LogP contribution in [-0.2, 0) is 12.8 Å². The highest BCUT2D eigenvalue weighted by Crippen LogP contribution is 2.28. The number of nitrogens with one attached hydrogen (secondary N) is 1. The van der Waals surface area contributed by atoms with Gasteiger partial charge in [0.25, 0.3) is 0 Å². The van der Waals surface area contributed by atoms with E-state index >= 15 is 0 Å². The van der Waals surface area contributed by atoms with Crippen molar-refractivity contribution in [3.63, 3.8) is 0 Å². The maximum absolute atomic E-state index is 13.2. The second-order valence-electron chi connectivity index (χ2n) is 3.88. The molecular weight excluding hydrogens is 177 g/mol. The third kappa shape index (κ3) is 1.74. The molecule has 0 saturated heterocycles. The predicted molar refractivity (Wildman–Crippen MR) is 57.2 cm³/mol. The Hall–Kier alpha value is -1.05. The van der Waals surface area contributed by atoms with Crippen LogP contribution in [0.3, 0.4) is 0 Å². The fourth-order valence-electron chi connectivity index (χ4n) is 2.04. The van der Waals surface area contributed by atoms with Gasteiger partial charge in [-0.1, -0.05) is 13.3 Å². The van der Waals surface area contributed by atoms with E-state index in [1.54, 1.807) is 12.1 Å². The standard InChI is InChI=1S/C12H16FN/c1-2-3-4-9-7-11(13)8-10-5-6-14-12(9)10/h7-8,14H,2-6H2,1H3. The van der Waals surface area contributed by atoms with Crippen LogP contribution in [0.25, 0.3) is 0 Å². The molecule has 1 aliphatic heterocycles. The molecule has 2 rings (SSSR count). The Labute approximate surface area is 84.3 Å². The van der Waals surface area contributed by atoms with Crippen LogP contribution < -0.4 is 5.32 Å². The molecule has 0 atom stereocenters. The molecule has 0 unspecified atom stereocenters. The molecule has 0 amide bonds. The Morgan fingerprint density at radius 2 is 2.29 bits per heavy atom. The molecule has 1 N–H and O–H groups in total. The minimum Gasteiger partial charge on any atom is -0.384 e. The molecule has 0 bridgehead atoms. The van der Waals surface area contributed by atoms with Gasteiger partial charge in [0.15, 0.2) is 0 Å². The molecule has 1 aromatic carbocycles.